The Bertz CT molecular complexity index is 1260. The Balaban J connectivity index is 4.54. The van der Waals surface area contributed by atoms with Crippen LogP contribution in [0.3, 0.4) is 0 Å². The molecule has 0 aromatic carbocycles. The van der Waals surface area contributed by atoms with Gasteiger partial charge in [-0.2, -0.15) is 0 Å². The van der Waals surface area contributed by atoms with E-state index >= 15 is 0 Å². The van der Waals surface area contributed by atoms with Crippen LogP contribution in [0, 0.1) is 0 Å². The SMILES string of the molecule is CC/C=C\C/C=C\C/C=C\C/C=C\C=C/C(O)C/C=C\CCC(=O)OC[C@H](COP(=O)([O-])OCC[N+](C)(C)C)O/C=C/CCCCCC/C=C\CCCCCCCC. The lowest BCUT2D eigenvalue weighted by molar-refractivity contribution is -0.870. The van der Waals surface area contributed by atoms with E-state index in [1.807, 2.05) is 57.6 Å². The number of carbonyl (C=O) groups is 1. The number of ether oxygens (including phenoxy) is 2. The molecule has 0 aromatic heterocycles. The second-order valence-electron chi connectivity index (χ2n) is 15.6. The molecule has 3 atom stereocenters. The Morgan fingerprint density at radius 2 is 1.24 bits per heavy atom. The summed E-state index contributed by atoms with van der Waals surface area (Å²) in [6, 6.07) is 0. The Hall–Kier alpha value is -2.78. The molecule has 0 bridgehead atoms. The first kappa shape index (κ1) is 55.2. The van der Waals surface area contributed by atoms with Crippen LogP contribution < -0.4 is 4.89 Å². The standard InChI is InChI=1S/C48H82NO8P/c1-6-8-10-12-14-16-18-20-21-22-24-26-28-30-32-37-42-54-47(45-57-58(52,53)56-43-41-49(3,4)5)44-55-48(51)40-36-33-35-39-46(50)38-34-31-29-27-25-23-19-17-15-13-11-9-7-2/h9,11,15,17,20-21,23,25,29,31,33-35,37-38,42,46-47,50H,6-8,10,12-14,16,18-19,22,24,26-28,30,32,36,39-41,43-45H2,1-5H3/b11-9-,17-15-,21-20-,25-23-,31-29-,35-33-,38-34-,42-37+/t46?,47-/m1/s1. The largest absolute Gasteiger partial charge is 0.756 e. The predicted molar refractivity (Wildman–Crippen MR) is 241 cm³/mol. The molecule has 0 aromatic rings. The van der Waals surface area contributed by atoms with Gasteiger partial charge < -0.3 is 33.0 Å². The van der Waals surface area contributed by atoms with Gasteiger partial charge in [-0.1, -0.05) is 144 Å². The Kier molecular flexibility index (Phi) is 37.8. The molecule has 0 fully saturated rings. The van der Waals surface area contributed by atoms with Gasteiger partial charge >= 0.3 is 5.97 Å². The van der Waals surface area contributed by atoms with Gasteiger partial charge in [0.15, 0.2) is 6.10 Å². The topological polar surface area (TPSA) is 114 Å². The van der Waals surface area contributed by atoms with Gasteiger partial charge in [-0.05, 0) is 83.1 Å². The minimum absolute atomic E-state index is 0.00765. The smallest absolute Gasteiger partial charge is 0.306 e. The third-order valence-electron chi connectivity index (χ3n) is 8.80. The molecule has 1 N–H and O–H groups in total. The number of unbranched alkanes of at least 4 members (excludes halogenated alkanes) is 11. The molecule has 0 aliphatic rings. The third-order valence-corrected chi connectivity index (χ3v) is 9.77. The van der Waals surface area contributed by atoms with Gasteiger partial charge in [-0.25, -0.2) is 0 Å². The van der Waals surface area contributed by atoms with E-state index in [9.17, 15) is 19.4 Å². The molecule has 10 heteroatoms. The number of likely N-dealkylation sites (N-methyl/N-ethyl adjacent to an activating group) is 1. The zero-order valence-electron chi connectivity index (χ0n) is 37.1. The summed E-state index contributed by atoms with van der Waals surface area (Å²) in [6.07, 6.45) is 51.3. The number of rotatable bonds is 39. The molecular formula is C48H82NO8P. The summed E-state index contributed by atoms with van der Waals surface area (Å²) in [6.45, 7) is 4.35. The van der Waals surface area contributed by atoms with Gasteiger partial charge in [0.05, 0.1) is 40.1 Å². The van der Waals surface area contributed by atoms with E-state index in [1.54, 1.807) is 6.08 Å². The molecule has 0 spiro atoms. The van der Waals surface area contributed by atoms with Crippen molar-refractivity contribution in [2.45, 2.75) is 154 Å². The van der Waals surface area contributed by atoms with Gasteiger partial charge in [-0.15, -0.1) is 0 Å². The van der Waals surface area contributed by atoms with E-state index in [1.165, 1.54) is 64.0 Å². The maximum absolute atomic E-state index is 12.5. The van der Waals surface area contributed by atoms with Crippen molar-refractivity contribution in [3.63, 3.8) is 0 Å². The maximum atomic E-state index is 12.5. The van der Waals surface area contributed by atoms with Crippen LogP contribution in [-0.4, -0.2) is 75.3 Å². The van der Waals surface area contributed by atoms with Gasteiger partial charge in [0.2, 0.25) is 0 Å². The number of hydrogen-bond donors (Lipinski definition) is 1. The van der Waals surface area contributed by atoms with E-state index in [-0.39, 0.29) is 26.2 Å². The molecule has 0 heterocycles. The minimum Gasteiger partial charge on any atom is -0.756 e. The normalized spacial score (nSPS) is 15.2. The predicted octanol–water partition coefficient (Wildman–Crippen LogP) is 11.7. The quantitative estimate of drug-likeness (QED) is 0.0124. The molecule has 58 heavy (non-hydrogen) atoms. The van der Waals surface area contributed by atoms with Crippen molar-refractivity contribution < 1.29 is 42.4 Å². The number of nitrogens with zero attached hydrogens (tertiary/aromatic N) is 1. The number of aliphatic hydroxyl groups is 1. The average Bonchev–Trinajstić information content (AvgIpc) is 3.17. The molecule has 0 saturated carbocycles. The zero-order chi connectivity index (χ0) is 42.8. The number of carbonyl (C=O) groups excluding carboxylic acids is 1. The van der Waals surface area contributed by atoms with Crippen LogP contribution in [0.4, 0.5) is 0 Å². The number of hydrogen-bond acceptors (Lipinski definition) is 8. The van der Waals surface area contributed by atoms with Crippen molar-refractivity contribution >= 4 is 13.8 Å². The van der Waals surface area contributed by atoms with Gasteiger partial charge in [0.25, 0.3) is 7.82 Å². The third kappa shape index (κ3) is 42.8. The fourth-order valence-electron chi connectivity index (χ4n) is 5.28. The van der Waals surface area contributed by atoms with E-state index in [0.29, 0.717) is 23.9 Å². The number of allylic oxidation sites excluding steroid dienone is 13. The van der Waals surface area contributed by atoms with Crippen LogP contribution in [-0.2, 0) is 27.9 Å². The zero-order valence-corrected chi connectivity index (χ0v) is 38.0. The summed E-state index contributed by atoms with van der Waals surface area (Å²) in [5, 5.41) is 10.2. The summed E-state index contributed by atoms with van der Waals surface area (Å²) in [5.41, 5.74) is 0. The molecule has 2 unspecified atom stereocenters. The molecule has 0 rings (SSSR count). The van der Waals surface area contributed by atoms with Crippen molar-refractivity contribution in [2.24, 2.45) is 0 Å². The average molecular weight is 832 g/mol. The van der Waals surface area contributed by atoms with Gasteiger partial charge in [0, 0.05) is 6.42 Å². The van der Waals surface area contributed by atoms with E-state index in [0.717, 1.165) is 51.4 Å². The highest BCUT2D eigenvalue weighted by Crippen LogP contribution is 2.38. The van der Waals surface area contributed by atoms with Crippen molar-refractivity contribution in [2.75, 3.05) is 47.5 Å². The number of phosphoric ester groups is 1. The monoisotopic (exact) mass is 832 g/mol. The summed E-state index contributed by atoms with van der Waals surface area (Å²) in [4.78, 5) is 24.8. The lowest BCUT2D eigenvalue weighted by Gasteiger charge is -2.28. The van der Waals surface area contributed by atoms with Gasteiger partial charge in [0.1, 0.15) is 19.8 Å². The molecule has 9 nitrogen and oxygen atoms in total. The maximum Gasteiger partial charge on any atom is 0.306 e. The van der Waals surface area contributed by atoms with E-state index < -0.39 is 26.0 Å². The fraction of sp³-hybridized carbons (Fsp3) is 0.646. The number of phosphoric acid groups is 1. The van der Waals surface area contributed by atoms with E-state index in [2.05, 4.69) is 62.5 Å². The molecule has 0 radical (unpaired) electrons. The fourth-order valence-corrected chi connectivity index (χ4v) is 6.01. The Morgan fingerprint density at radius 1 is 0.672 bits per heavy atom. The van der Waals surface area contributed by atoms with Crippen LogP contribution >= 0.6 is 7.82 Å². The van der Waals surface area contributed by atoms with Crippen molar-refractivity contribution in [3.05, 3.63) is 97.4 Å². The number of esters is 1. The van der Waals surface area contributed by atoms with E-state index in [4.69, 9.17) is 18.5 Å². The van der Waals surface area contributed by atoms with Gasteiger partial charge in [-0.3, -0.25) is 9.36 Å². The molecule has 332 valence electrons. The molecular weight excluding hydrogens is 750 g/mol. The lowest BCUT2D eigenvalue weighted by Crippen LogP contribution is -2.37. The molecule has 0 aliphatic carbocycles. The lowest BCUT2D eigenvalue weighted by atomic mass is 10.1. The summed E-state index contributed by atoms with van der Waals surface area (Å²) in [5.74, 6) is -0.441. The van der Waals surface area contributed by atoms with Crippen molar-refractivity contribution in [1.29, 1.82) is 0 Å². The number of quaternary nitrogens is 1. The number of aliphatic hydroxyl groups excluding tert-OH is 1. The van der Waals surface area contributed by atoms with Crippen molar-refractivity contribution in [1.82, 2.24) is 0 Å². The van der Waals surface area contributed by atoms with Crippen LogP contribution in [0.2, 0.25) is 0 Å². The highest BCUT2D eigenvalue weighted by atomic mass is 31.2. The van der Waals surface area contributed by atoms with Crippen LogP contribution in [0.1, 0.15) is 142 Å². The Labute approximate surface area is 354 Å². The van der Waals surface area contributed by atoms with Crippen LogP contribution in [0.15, 0.2) is 97.4 Å². The first-order valence-electron chi connectivity index (χ1n) is 22.1. The molecule has 0 amide bonds. The first-order chi connectivity index (χ1) is 28.0. The van der Waals surface area contributed by atoms with Crippen LogP contribution in [0.25, 0.3) is 0 Å². The minimum atomic E-state index is -4.57. The molecule has 0 saturated heterocycles. The summed E-state index contributed by atoms with van der Waals surface area (Å²) < 4.78 is 34.2. The molecule has 0 aliphatic heterocycles. The highest BCUT2D eigenvalue weighted by molar-refractivity contribution is 7.45. The summed E-state index contributed by atoms with van der Waals surface area (Å²) in [7, 11) is 1.24. The van der Waals surface area contributed by atoms with Crippen LogP contribution in [0.5, 0.6) is 0 Å². The Morgan fingerprint density at radius 3 is 1.86 bits per heavy atom. The summed E-state index contributed by atoms with van der Waals surface area (Å²) >= 11 is 0. The first-order valence-corrected chi connectivity index (χ1v) is 23.6. The second kappa shape index (κ2) is 39.7. The highest BCUT2D eigenvalue weighted by Gasteiger charge is 2.19. The van der Waals surface area contributed by atoms with Crippen molar-refractivity contribution in [3.8, 4) is 0 Å². The second-order valence-corrected chi connectivity index (χ2v) is 17.0.